The fourth-order valence-electron chi connectivity index (χ4n) is 3.42. The molecular formula is C24H31N3O4. The van der Waals surface area contributed by atoms with Crippen LogP contribution in [0.1, 0.15) is 38.3 Å². The van der Waals surface area contributed by atoms with Crippen LogP contribution in [-0.4, -0.2) is 40.8 Å². The number of amides is 2. The summed E-state index contributed by atoms with van der Waals surface area (Å²) in [6, 6.07) is 15.4. The van der Waals surface area contributed by atoms with Gasteiger partial charge in [0.15, 0.2) is 0 Å². The Morgan fingerprint density at radius 3 is 2.32 bits per heavy atom. The van der Waals surface area contributed by atoms with Crippen LogP contribution in [0.25, 0.3) is 0 Å². The topological polar surface area (TPSA) is 92.6 Å². The maximum atomic E-state index is 13.3. The van der Waals surface area contributed by atoms with Gasteiger partial charge in [0.05, 0.1) is 11.3 Å². The summed E-state index contributed by atoms with van der Waals surface area (Å²) in [6.45, 7) is 6.77. The van der Waals surface area contributed by atoms with E-state index in [-0.39, 0.29) is 23.9 Å². The zero-order valence-corrected chi connectivity index (χ0v) is 18.4. The number of hydrogen-bond acceptors (Lipinski definition) is 4. The van der Waals surface area contributed by atoms with Gasteiger partial charge in [0, 0.05) is 24.7 Å². The summed E-state index contributed by atoms with van der Waals surface area (Å²) >= 11 is 0. The molecule has 2 amide bonds. The number of carbonyl (C=O) groups excluding carboxylic acids is 2. The van der Waals surface area contributed by atoms with Crippen molar-refractivity contribution in [2.45, 2.75) is 46.1 Å². The maximum Gasteiger partial charge on any atom is 0.273 e. The van der Waals surface area contributed by atoms with Gasteiger partial charge >= 0.3 is 0 Å². The van der Waals surface area contributed by atoms with E-state index >= 15 is 0 Å². The molecule has 0 saturated heterocycles. The van der Waals surface area contributed by atoms with Crippen molar-refractivity contribution < 1.29 is 14.5 Å². The van der Waals surface area contributed by atoms with Crippen LogP contribution in [0.5, 0.6) is 0 Å². The Labute approximate surface area is 183 Å². The lowest BCUT2D eigenvalue weighted by Gasteiger charge is -2.31. The molecule has 0 aliphatic carbocycles. The summed E-state index contributed by atoms with van der Waals surface area (Å²) in [4.78, 5) is 38.6. The molecule has 0 heterocycles. The molecule has 7 nitrogen and oxygen atoms in total. The van der Waals surface area contributed by atoms with Crippen LogP contribution in [0.15, 0.2) is 54.6 Å². The molecule has 1 atom stereocenters. The van der Waals surface area contributed by atoms with Crippen LogP contribution in [0.4, 0.5) is 5.69 Å². The molecule has 2 aromatic carbocycles. The van der Waals surface area contributed by atoms with Gasteiger partial charge in [-0.3, -0.25) is 19.7 Å². The lowest BCUT2D eigenvalue weighted by atomic mass is 10.0. The standard InChI is InChI=1S/C24H31N3O4/c1-4-21(24(29)25-17-18(2)3)26(15-14-19-10-6-5-7-11-19)23(28)16-20-12-8-9-13-22(20)27(30)31/h5-13,18,21H,4,14-17H2,1-3H3,(H,25,29). The van der Waals surface area contributed by atoms with Gasteiger partial charge < -0.3 is 10.2 Å². The smallest absolute Gasteiger partial charge is 0.273 e. The van der Waals surface area contributed by atoms with Crippen LogP contribution in [0, 0.1) is 16.0 Å². The summed E-state index contributed by atoms with van der Waals surface area (Å²) in [7, 11) is 0. The number of para-hydroxylation sites is 1. The van der Waals surface area contributed by atoms with Gasteiger partial charge in [-0.15, -0.1) is 0 Å². The van der Waals surface area contributed by atoms with E-state index in [0.717, 1.165) is 5.56 Å². The Bertz CT molecular complexity index is 883. The van der Waals surface area contributed by atoms with Gasteiger partial charge in [-0.2, -0.15) is 0 Å². The predicted molar refractivity (Wildman–Crippen MR) is 121 cm³/mol. The molecule has 2 aromatic rings. The molecule has 166 valence electrons. The summed E-state index contributed by atoms with van der Waals surface area (Å²) in [5.41, 5.74) is 1.32. The summed E-state index contributed by atoms with van der Waals surface area (Å²) in [5.74, 6) is -0.196. The average molecular weight is 426 g/mol. The first-order chi connectivity index (χ1) is 14.8. The van der Waals surface area contributed by atoms with Crippen molar-refractivity contribution in [3.63, 3.8) is 0 Å². The number of benzene rings is 2. The van der Waals surface area contributed by atoms with E-state index in [1.807, 2.05) is 51.1 Å². The Balaban J connectivity index is 2.25. The largest absolute Gasteiger partial charge is 0.354 e. The van der Waals surface area contributed by atoms with Crippen molar-refractivity contribution in [2.75, 3.05) is 13.1 Å². The lowest BCUT2D eigenvalue weighted by molar-refractivity contribution is -0.385. The van der Waals surface area contributed by atoms with Crippen LogP contribution in [-0.2, 0) is 22.4 Å². The molecular weight excluding hydrogens is 394 g/mol. The van der Waals surface area contributed by atoms with E-state index in [1.165, 1.54) is 6.07 Å². The third kappa shape index (κ3) is 7.20. The monoisotopic (exact) mass is 425 g/mol. The summed E-state index contributed by atoms with van der Waals surface area (Å²) in [5, 5.41) is 14.3. The van der Waals surface area contributed by atoms with E-state index in [1.54, 1.807) is 23.1 Å². The first-order valence-electron chi connectivity index (χ1n) is 10.7. The zero-order valence-electron chi connectivity index (χ0n) is 18.4. The fraction of sp³-hybridized carbons (Fsp3) is 0.417. The molecule has 1 N–H and O–H groups in total. The number of nitro benzene ring substituents is 1. The Morgan fingerprint density at radius 1 is 1.06 bits per heavy atom. The fourth-order valence-corrected chi connectivity index (χ4v) is 3.42. The molecule has 0 fully saturated rings. The van der Waals surface area contributed by atoms with E-state index in [9.17, 15) is 19.7 Å². The maximum absolute atomic E-state index is 13.3. The zero-order chi connectivity index (χ0) is 22.8. The van der Waals surface area contributed by atoms with Gasteiger partial charge in [0.25, 0.3) is 5.69 Å². The van der Waals surface area contributed by atoms with Gasteiger partial charge in [0.1, 0.15) is 6.04 Å². The van der Waals surface area contributed by atoms with Crippen molar-refractivity contribution in [3.05, 3.63) is 75.8 Å². The number of nitrogens with zero attached hydrogens (tertiary/aromatic N) is 2. The van der Waals surface area contributed by atoms with Crippen molar-refractivity contribution in [1.29, 1.82) is 0 Å². The Morgan fingerprint density at radius 2 is 1.71 bits per heavy atom. The van der Waals surface area contributed by atoms with Crippen LogP contribution < -0.4 is 5.32 Å². The lowest BCUT2D eigenvalue weighted by Crippen LogP contribution is -2.51. The third-order valence-electron chi connectivity index (χ3n) is 5.08. The normalized spacial score (nSPS) is 11.7. The molecule has 0 saturated carbocycles. The average Bonchev–Trinajstić information content (AvgIpc) is 2.75. The molecule has 7 heteroatoms. The Kier molecular flexibility index (Phi) is 9.18. The van der Waals surface area contributed by atoms with Crippen LogP contribution in [0.2, 0.25) is 0 Å². The molecule has 0 aromatic heterocycles. The van der Waals surface area contributed by atoms with E-state index in [2.05, 4.69) is 5.32 Å². The van der Waals surface area contributed by atoms with Crippen LogP contribution >= 0.6 is 0 Å². The second kappa shape index (κ2) is 11.8. The van der Waals surface area contributed by atoms with E-state index in [4.69, 9.17) is 0 Å². The van der Waals surface area contributed by atoms with E-state index in [0.29, 0.717) is 37.4 Å². The van der Waals surface area contributed by atoms with Crippen LogP contribution in [0.3, 0.4) is 0 Å². The highest BCUT2D eigenvalue weighted by molar-refractivity contribution is 5.88. The molecule has 0 aliphatic heterocycles. The molecule has 1 unspecified atom stereocenters. The summed E-state index contributed by atoms with van der Waals surface area (Å²) in [6.07, 6.45) is 0.929. The number of nitrogens with one attached hydrogen (secondary N) is 1. The number of hydrogen-bond donors (Lipinski definition) is 1. The first kappa shape index (κ1) is 24.1. The van der Waals surface area contributed by atoms with Crippen molar-refractivity contribution in [1.82, 2.24) is 10.2 Å². The Hall–Kier alpha value is -3.22. The molecule has 0 bridgehead atoms. The molecule has 0 aliphatic rings. The van der Waals surface area contributed by atoms with Gasteiger partial charge in [-0.05, 0) is 24.3 Å². The highest BCUT2D eigenvalue weighted by Gasteiger charge is 2.29. The second-order valence-corrected chi connectivity index (χ2v) is 7.95. The number of nitro groups is 1. The molecule has 0 radical (unpaired) electrons. The third-order valence-corrected chi connectivity index (χ3v) is 5.08. The minimum atomic E-state index is -0.627. The minimum Gasteiger partial charge on any atom is -0.354 e. The first-order valence-corrected chi connectivity index (χ1v) is 10.7. The van der Waals surface area contributed by atoms with Crippen molar-refractivity contribution >= 4 is 17.5 Å². The predicted octanol–water partition coefficient (Wildman–Crippen LogP) is 3.76. The number of carbonyl (C=O) groups is 2. The molecule has 2 rings (SSSR count). The van der Waals surface area contributed by atoms with Crippen molar-refractivity contribution in [2.24, 2.45) is 5.92 Å². The van der Waals surface area contributed by atoms with Gasteiger partial charge in [-0.1, -0.05) is 69.3 Å². The number of rotatable bonds is 11. The molecule has 31 heavy (non-hydrogen) atoms. The SMILES string of the molecule is CCC(C(=O)NCC(C)C)N(CCc1ccccc1)C(=O)Cc1ccccc1[N+](=O)[O-]. The highest BCUT2D eigenvalue weighted by Crippen LogP contribution is 2.20. The minimum absolute atomic E-state index is 0.0869. The quantitative estimate of drug-likeness (QED) is 0.438. The molecule has 0 spiro atoms. The highest BCUT2D eigenvalue weighted by atomic mass is 16.6. The van der Waals surface area contributed by atoms with Gasteiger partial charge in [-0.25, -0.2) is 0 Å². The van der Waals surface area contributed by atoms with E-state index < -0.39 is 11.0 Å². The van der Waals surface area contributed by atoms with Gasteiger partial charge in [0.2, 0.25) is 11.8 Å². The van der Waals surface area contributed by atoms with Crippen molar-refractivity contribution in [3.8, 4) is 0 Å². The summed E-state index contributed by atoms with van der Waals surface area (Å²) < 4.78 is 0. The second-order valence-electron chi connectivity index (χ2n) is 7.95.